The van der Waals surface area contributed by atoms with Gasteiger partial charge in [-0.05, 0) is 26.7 Å². The highest BCUT2D eigenvalue weighted by molar-refractivity contribution is 5.43. The summed E-state index contributed by atoms with van der Waals surface area (Å²) in [6.45, 7) is 14.3. The Kier molecular flexibility index (Phi) is 7.19. The van der Waals surface area contributed by atoms with E-state index in [1.54, 1.807) is 0 Å². The summed E-state index contributed by atoms with van der Waals surface area (Å²) in [5.74, 6) is 2.31. The third-order valence-electron chi connectivity index (χ3n) is 3.97. The molecule has 0 fully saturated rings. The Morgan fingerprint density at radius 3 is 1.71 bits per heavy atom. The van der Waals surface area contributed by atoms with Gasteiger partial charge in [0.15, 0.2) is 0 Å². The van der Waals surface area contributed by atoms with E-state index in [0.717, 1.165) is 39.0 Å². The number of nitrogens with two attached hydrogens (primary N) is 1. The van der Waals surface area contributed by atoms with E-state index in [1.165, 1.54) is 0 Å². The minimum atomic E-state index is 0.296. The molecule has 0 amide bonds. The molecule has 120 valence electrons. The molecule has 0 aromatic carbocycles. The Hall–Kier alpha value is -1.59. The Morgan fingerprint density at radius 1 is 0.810 bits per heavy atom. The maximum Gasteiger partial charge on any atom is 0.231 e. The maximum absolute atomic E-state index is 5.88. The first-order valence-corrected chi connectivity index (χ1v) is 8.10. The van der Waals surface area contributed by atoms with Gasteiger partial charge in [0.25, 0.3) is 0 Å². The molecule has 0 saturated heterocycles. The highest BCUT2D eigenvalue weighted by atomic mass is 15.3. The second-order valence-corrected chi connectivity index (χ2v) is 5.19. The minimum absolute atomic E-state index is 0.296. The van der Waals surface area contributed by atoms with Crippen LogP contribution < -0.4 is 15.5 Å². The van der Waals surface area contributed by atoms with Gasteiger partial charge in [0.2, 0.25) is 17.8 Å². The molecule has 0 unspecified atom stereocenters. The molecule has 1 rings (SSSR count). The summed E-state index contributed by atoms with van der Waals surface area (Å²) >= 11 is 0. The molecule has 0 aliphatic rings. The SMILES string of the molecule is CCC(CC)CN(CC)c1nc(N)nc(N(CC)CC)n1. The fraction of sp³-hybridized carbons (Fsp3) is 0.800. The van der Waals surface area contributed by atoms with Crippen molar-refractivity contribution < 1.29 is 0 Å². The van der Waals surface area contributed by atoms with Gasteiger partial charge in [-0.3, -0.25) is 0 Å². The van der Waals surface area contributed by atoms with Crippen molar-refractivity contribution in [2.24, 2.45) is 5.92 Å². The largest absolute Gasteiger partial charge is 0.368 e. The van der Waals surface area contributed by atoms with Crippen LogP contribution in [0.1, 0.15) is 47.5 Å². The molecule has 0 spiro atoms. The third kappa shape index (κ3) is 4.72. The van der Waals surface area contributed by atoms with Crippen molar-refractivity contribution >= 4 is 17.8 Å². The Labute approximate surface area is 128 Å². The number of anilines is 3. The molecular weight excluding hydrogens is 264 g/mol. The molecule has 0 bridgehead atoms. The first-order valence-electron chi connectivity index (χ1n) is 8.10. The van der Waals surface area contributed by atoms with Crippen LogP contribution in [0.5, 0.6) is 0 Å². The number of hydrogen-bond donors (Lipinski definition) is 1. The zero-order chi connectivity index (χ0) is 15.8. The van der Waals surface area contributed by atoms with E-state index in [4.69, 9.17) is 5.73 Å². The van der Waals surface area contributed by atoms with Crippen molar-refractivity contribution in [3.63, 3.8) is 0 Å². The summed E-state index contributed by atoms with van der Waals surface area (Å²) in [6, 6.07) is 0. The topological polar surface area (TPSA) is 71.2 Å². The predicted molar refractivity (Wildman–Crippen MR) is 89.8 cm³/mol. The molecule has 1 aromatic rings. The molecule has 1 aromatic heterocycles. The van der Waals surface area contributed by atoms with E-state index >= 15 is 0 Å². The van der Waals surface area contributed by atoms with Gasteiger partial charge in [-0.15, -0.1) is 0 Å². The van der Waals surface area contributed by atoms with Crippen molar-refractivity contribution in [2.45, 2.75) is 47.5 Å². The number of rotatable bonds is 9. The number of hydrogen-bond acceptors (Lipinski definition) is 6. The Morgan fingerprint density at radius 2 is 1.29 bits per heavy atom. The van der Waals surface area contributed by atoms with E-state index in [2.05, 4.69) is 59.4 Å². The highest BCUT2D eigenvalue weighted by Crippen LogP contribution is 2.18. The van der Waals surface area contributed by atoms with Crippen LogP contribution in [0.25, 0.3) is 0 Å². The number of aromatic nitrogens is 3. The number of nitrogen functional groups attached to an aromatic ring is 1. The molecule has 21 heavy (non-hydrogen) atoms. The van der Waals surface area contributed by atoms with Crippen LogP contribution in [0.3, 0.4) is 0 Å². The van der Waals surface area contributed by atoms with Crippen molar-refractivity contribution in [2.75, 3.05) is 41.7 Å². The smallest absolute Gasteiger partial charge is 0.231 e. The van der Waals surface area contributed by atoms with Gasteiger partial charge in [-0.25, -0.2) is 0 Å². The molecule has 0 aliphatic heterocycles. The van der Waals surface area contributed by atoms with Crippen LogP contribution in [-0.2, 0) is 0 Å². The molecule has 1 heterocycles. The second-order valence-electron chi connectivity index (χ2n) is 5.19. The summed E-state index contributed by atoms with van der Waals surface area (Å²) in [7, 11) is 0. The first-order chi connectivity index (χ1) is 10.1. The average Bonchev–Trinajstić information content (AvgIpc) is 2.49. The van der Waals surface area contributed by atoms with Gasteiger partial charge >= 0.3 is 0 Å². The van der Waals surface area contributed by atoms with E-state index < -0.39 is 0 Å². The Bertz CT molecular complexity index is 415. The third-order valence-corrected chi connectivity index (χ3v) is 3.97. The lowest BCUT2D eigenvalue weighted by molar-refractivity contribution is 0.482. The van der Waals surface area contributed by atoms with E-state index in [9.17, 15) is 0 Å². The van der Waals surface area contributed by atoms with E-state index in [-0.39, 0.29) is 0 Å². The monoisotopic (exact) mass is 294 g/mol. The molecule has 0 atom stereocenters. The van der Waals surface area contributed by atoms with Crippen molar-refractivity contribution in [1.29, 1.82) is 0 Å². The molecule has 0 saturated carbocycles. The van der Waals surface area contributed by atoms with Crippen LogP contribution in [-0.4, -0.2) is 41.1 Å². The maximum atomic E-state index is 5.88. The zero-order valence-electron chi connectivity index (χ0n) is 14.1. The number of nitrogens with zero attached hydrogens (tertiary/aromatic N) is 5. The Balaban J connectivity index is 3.03. The van der Waals surface area contributed by atoms with Gasteiger partial charge in [0, 0.05) is 26.2 Å². The van der Waals surface area contributed by atoms with Crippen LogP contribution in [0.4, 0.5) is 17.8 Å². The van der Waals surface area contributed by atoms with Crippen LogP contribution in [0.2, 0.25) is 0 Å². The molecule has 6 nitrogen and oxygen atoms in total. The summed E-state index contributed by atoms with van der Waals surface area (Å²) < 4.78 is 0. The molecule has 0 radical (unpaired) electrons. The summed E-state index contributed by atoms with van der Waals surface area (Å²) in [5.41, 5.74) is 5.88. The quantitative estimate of drug-likeness (QED) is 0.754. The minimum Gasteiger partial charge on any atom is -0.368 e. The molecule has 0 aliphatic carbocycles. The van der Waals surface area contributed by atoms with Gasteiger partial charge in [0.05, 0.1) is 0 Å². The summed E-state index contributed by atoms with van der Waals surface area (Å²) in [5, 5.41) is 0. The summed E-state index contributed by atoms with van der Waals surface area (Å²) in [4.78, 5) is 17.5. The van der Waals surface area contributed by atoms with E-state index in [1.807, 2.05) is 0 Å². The highest BCUT2D eigenvalue weighted by Gasteiger charge is 2.16. The van der Waals surface area contributed by atoms with Gasteiger partial charge in [-0.2, -0.15) is 15.0 Å². The van der Waals surface area contributed by atoms with Gasteiger partial charge in [-0.1, -0.05) is 26.7 Å². The fourth-order valence-corrected chi connectivity index (χ4v) is 2.37. The van der Waals surface area contributed by atoms with Crippen LogP contribution >= 0.6 is 0 Å². The first kappa shape index (κ1) is 17.5. The predicted octanol–water partition coefficient (Wildman–Crippen LogP) is 2.56. The lowest BCUT2D eigenvalue weighted by Gasteiger charge is -2.27. The van der Waals surface area contributed by atoms with Gasteiger partial charge < -0.3 is 15.5 Å². The lowest BCUT2D eigenvalue weighted by Crippen LogP contribution is -2.32. The van der Waals surface area contributed by atoms with Gasteiger partial charge in [0.1, 0.15) is 0 Å². The summed E-state index contributed by atoms with van der Waals surface area (Å²) in [6.07, 6.45) is 2.33. The normalized spacial score (nSPS) is 11.0. The molecular formula is C15H30N6. The van der Waals surface area contributed by atoms with Crippen LogP contribution in [0, 0.1) is 5.92 Å². The van der Waals surface area contributed by atoms with Crippen molar-refractivity contribution in [3.05, 3.63) is 0 Å². The van der Waals surface area contributed by atoms with Crippen molar-refractivity contribution in [3.8, 4) is 0 Å². The molecule has 6 heteroatoms. The molecule has 2 N–H and O–H groups in total. The van der Waals surface area contributed by atoms with Crippen LogP contribution in [0.15, 0.2) is 0 Å². The average molecular weight is 294 g/mol. The van der Waals surface area contributed by atoms with E-state index in [0.29, 0.717) is 23.8 Å². The van der Waals surface area contributed by atoms with Crippen molar-refractivity contribution in [1.82, 2.24) is 15.0 Å². The standard InChI is InChI=1S/C15H30N6/c1-6-12(7-2)11-21(10-5)15-18-13(16)17-14(19-15)20(8-3)9-4/h12H,6-11H2,1-5H3,(H2,16,17,18,19). The second kappa shape index (κ2) is 8.64. The zero-order valence-corrected chi connectivity index (χ0v) is 14.1. The fourth-order valence-electron chi connectivity index (χ4n) is 2.37. The lowest BCUT2D eigenvalue weighted by atomic mass is 10.0.